The molecule has 0 unspecified atom stereocenters. The van der Waals surface area contributed by atoms with Gasteiger partial charge >= 0.3 is 5.97 Å². The fourth-order valence-corrected chi connectivity index (χ4v) is 3.00. The van der Waals surface area contributed by atoms with Crippen molar-refractivity contribution in [2.45, 2.75) is 19.1 Å². The smallest absolute Gasteiger partial charge is 0.319 e. The molecule has 0 fully saturated rings. The van der Waals surface area contributed by atoms with Crippen LogP contribution in [0.4, 0.5) is 11.4 Å². The molecule has 3 amide bonds. The molecule has 33 heavy (non-hydrogen) atoms. The Balaban J connectivity index is 1.67. The minimum Gasteiger partial charge on any atom is -0.455 e. The van der Waals surface area contributed by atoms with Crippen LogP contribution in [0, 0.1) is 17.0 Å². The van der Waals surface area contributed by atoms with Gasteiger partial charge in [0.1, 0.15) is 5.25 Å². The third-order valence-electron chi connectivity index (χ3n) is 4.13. The molecule has 0 aromatic heterocycles. The molecule has 2 rings (SSSR count). The van der Waals surface area contributed by atoms with Crippen LogP contribution in [0.25, 0.3) is 0 Å². The Morgan fingerprint density at radius 1 is 1.00 bits per heavy atom. The van der Waals surface area contributed by atoms with E-state index in [0.29, 0.717) is 5.69 Å². The number of rotatable bonds is 9. The van der Waals surface area contributed by atoms with Crippen LogP contribution >= 0.6 is 11.8 Å². The fourth-order valence-electron chi connectivity index (χ4n) is 2.33. The normalized spacial score (nSPS) is 11.1. The number of aryl methyl sites for hydroxylation is 1. The van der Waals surface area contributed by atoms with Crippen LogP contribution in [0.1, 0.15) is 22.8 Å². The lowest BCUT2D eigenvalue weighted by atomic mass is 10.2. The highest BCUT2D eigenvalue weighted by atomic mass is 32.2. The lowest BCUT2D eigenvalue weighted by molar-refractivity contribution is -0.384. The van der Waals surface area contributed by atoms with E-state index in [1.807, 2.05) is 19.1 Å². The Bertz CT molecular complexity index is 1030. The van der Waals surface area contributed by atoms with Crippen LogP contribution in [0.5, 0.6) is 0 Å². The minimum absolute atomic E-state index is 0.0155. The van der Waals surface area contributed by atoms with Crippen molar-refractivity contribution in [3.63, 3.8) is 0 Å². The van der Waals surface area contributed by atoms with Crippen molar-refractivity contribution in [1.82, 2.24) is 10.9 Å². The van der Waals surface area contributed by atoms with Gasteiger partial charge in [-0.2, -0.15) is 0 Å². The average molecular weight is 474 g/mol. The second-order valence-electron chi connectivity index (χ2n) is 6.78. The summed E-state index contributed by atoms with van der Waals surface area (Å²) >= 11 is 1.05. The minimum atomic E-state index is -0.784. The Labute approximate surface area is 193 Å². The number of carbonyl (C=O) groups is 4. The molecule has 2 aromatic rings. The number of nitrogens with one attached hydrogen (secondary N) is 3. The maximum Gasteiger partial charge on any atom is 0.319 e. The van der Waals surface area contributed by atoms with Crippen LogP contribution in [0.2, 0.25) is 0 Å². The van der Waals surface area contributed by atoms with E-state index in [1.165, 1.54) is 12.1 Å². The van der Waals surface area contributed by atoms with E-state index < -0.39 is 34.6 Å². The molecule has 0 heterocycles. The number of nitrogens with zero attached hydrogens (tertiary/aromatic N) is 1. The summed E-state index contributed by atoms with van der Waals surface area (Å²) in [5, 5.41) is 12.6. The Morgan fingerprint density at radius 3 is 2.24 bits per heavy atom. The first-order chi connectivity index (χ1) is 15.7. The molecule has 2 aromatic carbocycles. The molecule has 12 heteroatoms. The Morgan fingerprint density at radius 2 is 1.64 bits per heavy atom. The second-order valence-corrected chi connectivity index (χ2v) is 8.11. The molecule has 11 nitrogen and oxygen atoms in total. The van der Waals surface area contributed by atoms with Gasteiger partial charge in [0.05, 0.1) is 10.7 Å². The molecule has 174 valence electrons. The number of non-ortho nitro benzene ring substituents is 1. The molecule has 0 bridgehead atoms. The number of amides is 3. The summed E-state index contributed by atoms with van der Waals surface area (Å²) in [6.07, 6.45) is 0. The highest BCUT2D eigenvalue weighted by Crippen LogP contribution is 2.14. The van der Waals surface area contributed by atoms with Gasteiger partial charge in [0.2, 0.25) is 5.91 Å². The standard InChI is InChI=1S/C21H22N4O7S/c1-13-3-7-16(8-4-13)22-19(27)12-33-14(2)21(29)32-11-18(26)23-24-20(28)15-5-9-17(10-6-15)25(30)31/h3-10,14H,11-12H2,1-2H3,(H,22,27)(H,23,26)(H,24,28)/t14-/m1/s1. The van der Waals surface area contributed by atoms with Gasteiger partial charge in [-0.15, -0.1) is 11.8 Å². The molecule has 0 aliphatic carbocycles. The van der Waals surface area contributed by atoms with Crippen LogP contribution in [0.3, 0.4) is 0 Å². The van der Waals surface area contributed by atoms with Crippen molar-refractivity contribution < 1.29 is 28.8 Å². The number of nitro groups is 1. The Kier molecular flexibility index (Phi) is 9.36. The molecule has 0 radical (unpaired) electrons. The van der Waals surface area contributed by atoms with E-state index in [9.17, 15) is 29.3 Å². The summed E-state index contributed by atoms with van der Waals surface area (Å²) in [4.78, 5) is 57.7. The largest absolute Gasteiger partial charge is 0.455 e. The zero-order chi connectivity index (χ0) is 24.4. The van der Waals surface area contributed by atoms with Crippen molar-refractivity contribution >= 4 is 46.8 Å². The van der Waals surface area contributed by atoms with E-state index in [1.54, 1.807) is 19.1 Å². The highest BCUT2D eigenvalue weighted by molar-refractivity contribution is 8.01. The fraction of sp³-hybridized carbons (Fsp3) is 0.238. The van der Waals surface area contributed by atoms with Gasteiger partial charge in [0.15, 0.2) is 6.61 Å². The molecule has 0 saturated heterocycles. The number of hydrazine groups is 1. The number of benzene rings is 2. The van der Waals surface area contributed by atoms with Crippen molar-refractivity contribution in [1.29, 1.82) is 0 Å². The zero-order valence-electron chi connectivity index (χ0n) is 17.8. The summed E-state index contributed by atoms with van der Waals surface area (Å²) in [6, 6.07) is 12.0. The van der Waals surface area contributed by atoms with Crippen molar-refractivity contribution in [2.75, 3.05) is 17.7 Å². The van der Waals surface area contributed by atoms with Gasteiger partial charge in [0.25, 0.3) is 17.5 Å². The van der Waals surface area contributed by atoms with E-state index in [2.05, 4.69) is 16.2 Å². The van der Waals surface area contributed by atoms with E-state index in [0.717, 1.165) is 29.5 Å². The third kappa shape index (κ3) is 8.61. The molecule has 1 atom stereocenters. The maximum absolute atomic E-state index is 12.0. The summed E-state index contributed by atoms with van der Waals surface area (Å²) in [5.41, 5.74) is 5.80. The summed E-state index contributed by atoms with van der Waals surface area (Å²) in [6.45, 7) is 2.84. The highest BCUT2D eigenvalue weighted by Gasteiger charge is 2.18. The monoisotopic (exact) mass is 474 g/mol. The number of anilines is 1. The first-order valence-electron chi connectivity index (χ1n) is 9.64. The molecule has 0 aliphatic rings. The number of thioether (sulfide) groups is 1. The number of ether oxygens (including phenoxy) is 1. The Hall–Kier alpha value is -3.93. The van der Waals surface area contributed by atoms with Crippen molar-refractivity contribution in [2.24, 2.45) is 0 Å². The maximum atomic E-state index is 12.0. The lowest BCUT2D eigenvalue weighted by Crippen LogP contribution is -2.43. The first kappa shape index (κ1) is 25.3. The molecular weight excluding hydrogens is 452 g/mol. The summed E-state index contributed by atoms with van der Waals surface area (Å²) in [7, 11) is 0. The van der Waals surface area contributed by atoms with Crippen LogP contribution in [-0.2, 0) is 19.1 Å². The first-order valence-corrected chi connectivity index (χ1v) is 10.7. The number of nitro benzene ring substituents is 1. The number of carbonyl (C=O) groups excluding carboxylic acids is 4. The lowest BCUT2D eigenvalue weighted by Gasteiger charge is -2.12. The van der Waals surface area contributed by atoms with Crippen LogP contribution < -0.4 is 16.2 Å². The summed E-state index contributed by atoms with van der Waals surface area (Å²) < 4.78 is 4.88. The molecular formula is C21H22N4O7S. The number of hydrogen-bond acceptors (Lipinski definition) is 8. The predicted molar refractivity (Wildman–Crippen MR) is 121 cm³/mol. The van der Waals surface area contributed by atoms with Gasteiger partial charge in [0, 0.05) is 23.4 Å². The summed E-state index contributed by atoms with van der Waals surface area (Å²) in [5.74, 6) is -2.45. The average Bonchev–Trinajstić information content (AvgIpc) is 2.80. The molecule has 3 N–H and O–H groups in total. The second kappa shape index (κ2) is 12.2. The van der Waals surface area contributed by atoms with Gasteiger partial charge in [-0.25, -0.2) is 0 Å². The van der Waals surface area contributed by atoms with Gasteiger partial charge in [-0.05, 0) is 38.1 Å². The van der Waals surface area contributed by atoms with E-state index in [-0.39, 0.29) is 22.9 Å². The van der Waals surface area contributed by atoms with Crippen molar-refractivity contribution in [3.05, 3.63) is 69.8 Å². The van der Waals surface area contributed by atoms with Crippen molar-refractivity contribution in [3.8, 4) is 0 Å². The zero-order valence-corrected chi connectivity index (χ0v) is 18.6. The number of hydrogen-bond donors (Lipinski definition) is 3. The van der Waals surface area contributed by atoms with E-state index in [4.69, 9.17) is 4.74 Å². The predicted octanol–water partition coefficient (Wildman–Crippen LogP) is 1.97. The molecule has 0 spiro atoms. The van der Waals surface area contributed by atoms with Gasteiger partial charge in [-0.1, -0.05) is 17.7 Å². The third-order valence-corrected chi connectivity index (χ3v) is 5.25. The van der Waals surface area contributed by atoms with Gasteiger partial charge in [-0.3, -0.25) is 40.1 Å². The van der Waals surface area contributed by atoms with Crippen LogP contribution in [-0.4, -0.2) is 46.2 Å². The molecule has 0 saturated carbocycles. The SMILES string of the molecule is Cc1ccc(NC(=O)CS[C@H](C)C(=O)OCC(=O)NNC(=O)c2ccc([N+](=O)[O-])cc2)cc1. The van der Waals surface area contributed by atoms with Crippen LogP contribution in [0.15, 0.2) is 48.5 Å². The van der Waals surface area contributed by atoms with Gasteiger partial charge < -0.3 is 10.1 Å². The number of esters is 1. The molecule has 0 aliphatic heterocycles. The topological polar surface area (TPSA) is 157 Å². The quantitative estimate of drug-likeness (QED) is 0.283. The van der Waals surface area contributed by atoms with E-state index >= 15 is 0 Å².